The molecule has 0 saturated carbocycles. The van der Waals surface area contributed by atoms with Gasteiger partial charge >= 0.3 is 12.0 Å². The quantitative estimate of drug-likeness (QED) is 0.197. The van der Waals surface area contributed by atoms with Gasteiger partial charge in [-0.2, -0.15) is 5.10 Å². The van der Waals surface area contributed by atoms with E-state index in [1.807, 2.05) is 0 Å². The second-order valence-corrected chi connectivity index (χ2v) is 8.88. The zero-order valence-electron chi connectivity index (χ0n) is 20.1. The molecule has 1 atom stereocenters. The number of methoxy groups -OCH3 is 1. The SMILES string of the molecule is CCOC(=O)C1=C(C)NC(=O)N[C@@H]1c1ccc(OCC(=O)N/N=C\c2cc(Cl)c(O)c(Br)c2)c(OC)c1. The van der Waals surface area contributed by atoms with Gasteiger partial charge in [0.15, 0.2) is 18.1 Å². The smallest absolute Gasteiger partial charge is 0.338 e. The lowest BCUT2D eigenvalue weighted by Gasteiger charge is -2.28. The van der Waals surface area contributed by atoms with Crippen LogP contribution in [0.5, 0.6) is 17.2 Å². The Labute approximate surface area is 225 Å². The molecule has 0 aromatic heterocycles. The van der Waals surface area contributed by atoms with Crippen molar-refractivity contribution in [3.05, 3.63) is 62.2 Å². The molecular weight excluding hydrogens is 572 g/mol. The monoisotopic (exact) mass is 594 g/mol. The lowest BCUT2D eigenvalue weighted by atomic mass is 9.95. The van der Waals surface area contributed by atoms with Crippen molar-refractivity contribution in [2.75, 3.05) is 20.3 Å². The van der Waals surface area contributed by atoms with E-state index in [2.05, 4.69) is 37.1 Å². The third kappa shape index (κ3) is 6.92. The van der Waals surface area contributed by atoms with Crippen molar-refractivity contribution in [2.24, 2.45) is 5.10 Å². The van der Waals surface area contributed by atoms with E-state index in [4.69, 9.17) is 25.8 Å². The van der Waals surface area contributed by atoms with Crippen molar-refractivity contribution in [1.82, 2.24) is 16.1 Å². The van der Waals surface area contributed by atoms with Crippen molar-refractivity contribution < 1.29 is 33.7 Å². The van der Waals surface area contributed by atoms with Crippen LogP contribution in [0, 0.1) is 0 Å². The van der Waals surface area contributed by atoms with Gasteiger partial charge in [0.25, 0.3) is 5.91 Å². The second kappa shape index (κ2) is 12.5. The molecule has 0 unspecified atom stereocenters. The highest BCUT2D eigenvalue weighted by atomic mass is 79.9. The highest BCUT2D eigenvalue weighted by molar-refractivity contribution is 9.10. The van der Waals surface area contributed by atoms with Crippen LogP contribution < -0.4 is 25.5 Å². The third-order valence-electron chi connectivity index (χ3n) is 5.09. The Morgan fingerprint density at radius 3 is 2.70 bits per heavy atom. The first-order valence-corrected chi connectivity index (χ1v) is 12.1. The summed E-state index contributed by atoms with van der Waals surface area (Å²) < 4.78 is 16.5. The number of phenols is 1. The molecule has 1 aliphatic rings. The number of nitrogens with one attached hydrogen (secondary N) is 3. The molecule has 0 aliphatic carbocycles. The molecule has 196 valence electrons. The van der Waals surface area contributed by atoms with Crippen LogP contribution in [-0.2, 0) is 14.3 Å². The molecule has 3 rings (SSSR count). The minimum Gasteiger partial charge on any atom is -0.505 e. The normalized spacial score (nSPS) is 15.2. The van der Waals surface area contributed by atoms with Crippen molar-refractivity contribution in [1.29, 1.82) is 0 Å². The van der Waals surface area contributed by atoms with Gasteiger partial charge in [-0.15, -0.1) is 0 Å². The van der Waals surface area contributed by atoms with Gasteiger partial charge in [0.05, 0.1) is 41.0 Å². The highest BCUT2D eigenvalue weighted by Crippen LogP contribution is 2.35. The maximum absolute atomic E-state index is 12.5. The summed E-state index contributed by atoms with van der Waals surface area (Å²) in [5.41, 5.74) is 4.06. The van der Waals surface area contributed by atoms with Gasteiger partial charge in [-0.25, -0.2) is 15.0 Å². The van der Waals surface area contributed by atoms with E-state index in [9.17, 15) is 19.5 Å². The van der Waals surface area contributed by atoms with Gasteiger partial charge in [0.1, 0.15) is 5.75 Å². The number of hydrogen-bond donors (Lipinski definition) is 4. The molecule has 0 fully saturated rings. The number of hydrogen-bond acceptors (Lipinski definition) is 8. The molecule has 3 amide bonds. The number of amides is 3. The topological polar surface area (TPSA) is 148 Å². The van der Waals surface area contributed by atoms with Gasteiger partial charge < -0.3 is 30.0 Å². The summed E-state index contributed by atoms with van der Waals surface area (Å²) in [5, 5.41) is 18.9. The van der Waals surface area contributed by atoms with Crippen LogP contribution in [0.3, 0.4) is 0 Å². The maximum atomic E-state index is 12.5. The maximum Gasteiger partial charge on any atom is 0.338 e. The van der Waals surface area contributed by atoms with E-state index in [1.54, 1.807) is 38.1 Å². The molecule has 2 aromatic rings. The number of urea groups is 1. The average Bonchev–Trinajstić information content (AvgIpc) is 2.85. The van der Waals surface area contributed by atoms with E-state index >= 15 is 0 Å². The molecule has 13 heteroatoms. The van der Waals surface area contributed by atoms with Crippen LogP contribution in [-0.4, -0.2) is 49.6 Å². The molecule has 2 aromatic carbocycles. The van der Waals surface area contributed by atoms with E-state index in [0.29, 0.717) is 21.3 Å². The summed E-state index contributed by atoms with van der Waals surface area (Å²) >= 11 is 9.08. The molecular formula is C24H24BrClN4O7. The number of phenolic OH excluding ortho intramolecular Hbond substituents is 1. The molecule has 0 spiro atoms. The van der Waals surface area contributed by atoms with Crippen molar-refractivity contribution in [3.63, 3.8) is 0 Å². The lowest BCUT2D eigenvalue weighted by molar-refractivity contribution is -0.139. The number of benzene rings is 2. The van der Waals surface area contributed by atoms with Crippen LogP contribution in [0.1, 0.15) is 31.0 Å². The fourth-order valence-electron chi connectivity index (χ4n) is 3.42. The average molecular weight is 596 g/mol. The number of aromatic hydroxyl groups is 1. The van der Waals surface area contributed by atoms with E-state index in [0.717, 1.165) is 0 Å². The first-order chi connectivity index (χ1) is 17.6. The van der Waals surface area contributed by atoms with Gasteiger partial charge in [-0.1, -0.05) is 17.7 Å². The Bertz CT molecular complexity index is 1260. The molecule has 37 heavy (non-hydrogen) atoms. The van der Waals surface area contributed by atoms with Crippen molar-refractivity contribution >= 4 is 51.7 Å². The van der Waals surface area contributed by atoms with Crippen LogP contribution in [0.25, 0.3) is 0 Å². The Kier molecular flexibility index (Phi) is 9.36. The van der Waals surface area contributed by atoms with Gasteiger partial charge in [0, 0.05) is 5.70 Å². The van der Waals surface area contributed by atoms with Crippen molar-refractivity contribution in [3.8, 4) is 17.2 Å². The summed E-state index contributed by atoms with van der Waals surface area (Å²) in [4.78, 5) is 36.8. The molecule has 1 heterocycles. The standard InChI is InChI=1S/C24H24BrClN4O7/c1-4-36-23(33)20-12(2)28-24(34)29-21(20)14-5-6-17(18(9-14)35-3)37-11-19(31)30-27-10-13-7-15(25)22(32)16(26)8-13/h5-10,21,32H,4,11H2,1-3H3,(H,30,31)(H2,28,29,34)/b27-10-/t21-/m1/s1. The molecule has 0 saturated heterocycles. The van der Waals surface area contributed by atoms with Crippen LogP contribution in [0.2, 0.25) is 5.02 Å². The minimum atomic E-state index is -0.776. The summed E-state index contributed by atoms with van der Waals surface area (Å²) in [6.45, 7) is 3.11. The number of allylic oxidation sites excluding steroid dienone is 1. The Morgan fingerprint density at radius 1 is 1.27 bits per heavy atom. The predicted octanol–water partition coefficient (Wildman–Crippen LogP) is 3.54. The zero-order valence-corrected chi connectivity index (χ0v) is 22.4. The second-order valence-electron chi connectivity index (χ2n) is 7.62. The number of rotatable bonds is 9. The van der Waals surface area contributed by atoms with E-state index < -0.39 is 23.9 Å². The number of esters is 1. The first kappa shape index (κ1) is 27.8. The number of halogens is 2. The molecule has 1 aliphatic heterocycles. The molecule has 11 nitrogen and oxygen atoms in total. The van der Waals surface area contributed by atoms with E-state index in [1.165, 1.54) is 19.4 Å². The first-order valence-electron chi connectivity index (χ1n) is 10.9. The van der Waals surface area contributed by atoms with Crippen LogP contribution >= 0.6 is 27.5 Å². The number of hydrazone groups is 1. The molecule has 4 N–H and O–H groups in total. The highest BCUT2D eigenvalue weighted by Gasteiger charge is 2.32. The van der Waals surface area contributed by atoms with Crippen LogP contribution in [0.4, 0.5) is 4.79 Å². The fraction of sp³-hybridized carbons (Fsp3) is 0.250. The predicted molar refractivity (Wildman–Crippen MR) is 139 cm³/mol. The zero-order chi connectivity index (χ0) is 27.1. The molecule has 0 bridgehead atoms. The summed E-state index contributed by atoms with van der Waals surface area (Å²) in [5.74, 6) is -0.651. The minimum absolute atomic E-state index is 0.0953. The fourth-order valence-corrected chi connectivity index (χ4v) is 4.24. The Balaban J connectivity index is 1.69. The number of nitrogens with zero attached hydrogens (tertiary/aromatic N) is 1. The number of carbonyl (C=O) groups excluding carboxylic acids is 3. The number of carbonyl (C=O) groups is 3. The van der Waals surface area contributed by atoms with Gasteiger partial charge in [0.2, 0.25) is 0 Å². The summed E-state index contributed by atoms with van der Waals surface area (Å²) in [7, 11) is 1.42. The Morgan fingerprint density at radius 2 is 2.03 bits per heavy atom. The largest absolute Gasteiger partial charge is 0.505 e. The van der Waals surface area contributed by atoms with E-state index in [-0.39, 0.29) is 41.1 Å². The van der Waals surface area contributed by atoms with Gasteiger partial charge in [-0.05, 0) is 65.2 Å². The summed E-state index contributed by atoms with van der Waals surface area (Å²) in [6, 6.07) is 6.62. The van der Waals surface area contributed by atoms with Crippen LogP contribution in [0.15, 0.2) is 51.2 Å². The lowest BCUT2D eigenvalue weighted by Crippen LogP contribution is -2.45. The third-order valence-corrected chi connectivity index (χ3v) is 5.98. The summed E-state index contributed by atoms with van der Waals surface area (Å²) in [6.07, 6.45) is 1.35. The number of ether oxygens (including phenoxy) is 3. The molecule has 0 radical (unpaired) electrons. The van der Waals surface area contributed by atoms with Crippen molar-refractivity contribution in [2.45, 2.75) is 19.9 Å². The van der Waals surface area contributed by atoms with Gasteiger partial charge in [-0.3, -0.25) is 4.79 Å². The Hall–Kier alpha value is -3.77.